The Hall–Kier alpha value is -1.56. The summed E-state index contributed by atoms with van der Waals surface area (Å²) in [5.41, 5.74) is 1.19. The molecule has 1 fully saturated rings. The second-order valence-electron chi connectivity index (χ2n) is 7.00. The third-order valence-corrected chi connectivity index (χ3v) is 6.47. The van der Waals surface area contributed by atoms with Gasteiger partial charge in [-0.15, -0.1) is 0 Å². The number of hydrogen-bond acceptors (Lipinski definition) is 3. The molecule has 1 aliphatic carbocycles. The summed E-state index contributed by atoms with van der Waals surface area (Å²) in [5.74, 6) is 2.43. The van der Waals surface area contributed by atoms with E-state index in [0.29, 0.717) is 17.8 Å². The van der Waals surface area contributed by atoms with Crippen molar-refractivity contribution in [3.05, 3.63) is 29.8 Å². The van der Waals surface area contributed by atoms with Crippen LogP contribution >= 0.6 is 0 Å². The molecule has 2 N–H and O–H groups in total. The third kappa shape index (κ3) is 6.63. The second-order valence-corrected chi connectivity index (χ2v) is 9.00. The van der Waals surface area contributed by atoms with Crippen LogP contribution in [-0.2, 0) is 10.8 Å². The van der Waals surface area contributed by atoms with E-state index in [4.69, 9.17) is 4.74 Å². The van der Waals surface area contributed by atoms with E-state index in [-0.39, 0.29) is 6.10 Å². The summed E-state index contributed by atoms with van der Waals surface area (Å²) >= 11 is 0. The number of benzene rings is 1. The van der Waals surface area contributed by atoms with Gasteiger partial charge in [0.05, 0.1) is 6.54 Å². The quantitative estimate of drug-likeness (QED) is 0.565. The molecule has 0 aliphatic heterocycles. The highest BCUT2D eigenvalue weighted by Crippen LogP contribution is 2.23. The smallest absolute Gasteiger partial charge is 0.191 e. The lowest BCUT2D eigenvalue weighted by Gasteiger charge is -2.30. The Morgan fingerprint density at radius 1 is 1.42 bits per heavy atom. The molecule has 6 heteroatoms. The van der Waals surface area contributed by atoms with E-state index in [0.717, 1.165) is 43.1 Å². The normalized spacial score (nSPS) is 23.2. The van der Waals surface area contributed by atoms with Crippen molar-refractivity contribution in [3.8, 4) is 5.75 Å². The molecular formula is C20H33N3O2S. The minimum atomic E-state index is -0.707. The molecule has 1 saturated carbocycles. The summed E-state index contributed by atoms with van der Waals surface area (Å²) in [6, 6.07) is 8.42. The van der Waals surface area contributed by atoms with Crippen molar-refractivity contribution >= 4 is 16.8 Å². The number of aryl methyl sites for hydroxylation is 1. The molecular weight excluding hydrogens is 346 g/mol. The van der Waals surface area contributed by atoms with E-state index < -0.39 is 10.8 Å². The highest BCUT2D eigenvalue weighted by molar-refractivity contribution is 7.85. The van der Waals surface area contributed by atoms with E-state index >= 15 is 0 Å². The SMILES string of the molecule is CCS(=O)C1CCCC(NC(=NC)NCC(C)Oc2cccc(C)c2)C1. The summed E-state index contributed by atoms with van der Waals surface area (Å²) in [4.78, 5) is 4.33. The average Bonchev–Trinajstić information content (AvgIpc) is 2.64. The molecule has 0 amide bonds. The van der Waals surface area contributed by atoms with Gasteiger partial charge in [-0.25, -0.2) is 0 Å². The minimum absolute atomic E-state index is 0.0297. The first-order chi connectivity index (χ1) is 12.5. The van der Waals surface area contributed by atoms with Crippen LogP contribution in [0.2, 0.25) is 0 Å². The molecule has 0 radical (unpaired) electrons. The Kier molecular flexibility index (Phi) is 8.42. The lowest BCUT2D eigenvalue weighted by Crippen LogP contribution is -2.48. The van der Waals surface area contributed by atoms with Gasteiger partial charge in [-0.05, 0) is 50.8 Å². The number of guanidine groups is 1. The maximum absolute atomic E-state index is 12.1. The van der Waals surface area contributed by atoms with Gasteiger partial charge in [0.2, 0.25) is 0 Å². The number of aliphatic imine (C=N–C) groups is 1. The molecule has 1 aromatic rings. The van der Waals surface area contributed by atoms with Gasteiger partial charge >= 0.3 is 0 Å². The van der Waals surface area contributed by atoms with E-state index in [1.165, 1.54) is 5.56 Å². The molecule has 2 rings (SSSR count). The first kappa shape index (κ1) is 20.7. The van der Waals surface area contributed by atoms with Crippen molar-refractivity contribution in [1.29, 1.82) is 0 Å². The van der Waals surface area contributed by atoms with E-state index in [9.17, 15) is 4.21 Å². The van der Waals surface area contributed by atoms with Crippen LogP contribution in [0.1, 0.15) is 45.1 Å². The highest BCUT2D eigenvalue weighted by atomic mass is 32.2. The largest absolute Gasteiger partial charge is 0.489 e. The molecule has 0 bridgehead atoms. The van der Waals surface area contributed by atoms with Crippen LogP contribution in [-0.4, -0.2) is 46.9 Å². The molecule has 0 saturated heterocycles. The zero-order chi connectivity index (χ0) is 18.9. The van der Waals surface area contributed by atoms with E-state index in [1.807, 2.05) is 32.0 Å². The highest BCUT2D eigenvalue weighted by Gasteiger charge is 2.26. The Morgan fingerprint density at radius 3 is 2.92 bits per heavy atom. The Bertz CT molecular complexity index is 621. The topological polar surface area (TPSA) is 62.7 Å². The summed E-state index contributed by atoms with van der Waals surface area (Å²) in [6.45, 7) is 6.78. The zero-order valence-electron chi connectivity index (χ0n) is 16.5. The fraction of sp³-hybridized carbons (Fsp3) is 0.650. The van der Waals surface area contributed by atoms with Crippen LogP contribution in [0.15, 0.2) is 29.3 Å². The molecule has 0 aromatic heterocycles. The maximum atomic E-state index is 12.1. The van der Waals surface area contributed by atoms with Crippen LogP contribution < -0.4 is 15.4 Å². The van der Waals surface area contributed by atoms with Gasteiger partial charge in [0, 0.05) is 34.9 Å². The number of nitrogens with zero attached hydrogens (tertiary/aromatic N) is 1. The van der Waals surface area contributed by atoms with E-state index in [2.05, 4.69) is 28.6 Å². The monoisotopic (exact) mass is 379 g/mol. The van der Waals surface area contributed by atoms with Gasteiger partial charge in [-0.3, -0.25) is 9.20 Å². The van der Waals surface area contributed by atoms with Gasteiger partial charge in [-0.1, -0.05) is 25.5 Å². The maximum Gasteiger partial charge on any atom is 0.191 e. The standard InChI is InChI=1S/C20H33N3O2S/c1-5-26(24)19-11-7-9-17(13-19)23-20(21-4)22-14-16(3)25-18-10-6-8-15(2)12-18/h6,8,10,12,16-17,19H,5,7,9,11,13-14H2,1-4H3,(H2,21,22,23). The molecule has 26 heavy (non-hydrogen) atoms. The molecule has 1 aromatic carbocycles. The summed E-state index contributed by atoms with van der Waals surface area (Å²) in [5, 5.41) is 7.15. The van der Waals surface area contributed by atoms with Gasteiger partial charge in [0.25, 0.3) is 0 Å². The van der Waals surface area contributed by atoms with Crippen LogP contribution in [0.25, 0.3) is 0 Å². The van der Waals surface area contributed by atoms with Crippen LogP contribution in [0.5, 0.6) is 5.75 Å². The first-order valence-electron chi connectivity index (χ1n) is 9.59. The Balaban J connectivity index is 1.79. The van der Waals surface area contributed by atoms with Gasteiger partial charge < -0.3 is 15.4 Å². The lowest BCUT2D eigenvalue weighted by atomic mass is 9.95. The third-order valence-electron chi connectivity index (χ3n) is 4.73. The van der Waals surface area contributed by atoms with Crippen molar-refractivity contribution in [2.45, 2.75) is 63.9 Å². The minimum Gasteiger partial charge on any atom is -0.489 e. The molecule has 0 heterocycles. The van der Waals surface area contributed by atoms with Crippen molar-refractivity contribution in [2.24, 2.45) is 4.99 Å². The van der Waals surface area contributed by atoms with E-state index in [1.54, 1.807) is 7.05 Å². The average molecular weight is 380 g/mol. The zero-order valence-corrected chi connectivity index (χ0v) is 17.3. The Labute approximate surface area is 160 Å². The molecule has 0 spiro atoms. The summed E-state index contributed by atoms with van der Waals surface area (Å²) in [7, 11) is 1.08. The first-order valence-corrected chi connectivity index (χ1v) is 11.0. The molecule has 146 valence electrons. The van der Waals surface area contributed by atoms with Crippen molar-refractivity contribution in [1.82, 2.24) is 10.6 Å². The lowest BCUT2D eigenvalue weighted by molar-refractivity contribution is 0.223. The fourth-order valence-electron chi connectivity index (χ4n) is 3.34. The van der Waals surface area contributed by atoms with Crippen molar-refractivity contribution < 1.29 is 8.95 Å². The summed E-state index contributed by atoms with van der Waals surface area (Å²) in [6.07, 6.45) is 4.29. The van der Waals surface area contributed by atoms with Gasteiger partial charge in [0.1, 0.15) is 11.9 Å². The summed E-state index contributed by atoms with van der Waals surface area (Å²) < 4.78 is 18.1. The van der Waals surface area contributed by atoms with Crippen LogP contribution in [0, 0.1) is 6.92 Å². The molecule has 4 unspecified atom stereocenters. The molecule has 4 atom stereocenters. The van der Waals surface area contributed by atoms with Gasteiger partial charge in [-0.2, -0.15) is 0 Å². The second kappa shape index (κ2) is 10.6. The van der Waals surface area contributed by atoms with Crippen LogP contribution in [0.3, 0.4) is 0 Å². The number of ether oxygens (including phenoxy) is 1. The fourth-order valence-corrected chi connectivity index (χ4v) is 4.69. The predicted octanol–water partition coefficient (Wildman–Crippen LogP) is 3.01. The van der Waals surface area contributed by atoms with Crippen molar-refractivity contribution in [3.63, 3.8) is 0 Å². The number of rotatable bonds is 7. The predicted molar refractivity (Wildman–Crippen MR) is 110 cm³/mol. The number of hydrogen-bond donors (Lipinski definition) is 2. The van der Waals surface area contributed by atoms with Crippen molar-refractivity contribution in [2.75, 3.05) is 19.3 Å². The molecule has 5 nitrogen and oxygen atoms in total. The molecule has 1 aliphatic rings. The Morgan fingerprint density at radius 2 is 2.23 bits per heavy atom. The van der Waals surface area contributed by atoms with Gasteiger partial charge in [0.15, 0.2) is 5.96 Å². The number of nitrogens with one attached hydrogen (secondary N) is 2. The van der Waals surface area contributed by atoms with Crippen LogP contribution in [0.4, 0.5) is 0 Å².